The zero-order chi connectivity index (χ0) is 32.1. The lowest BCUT2D eigenvalue weighted by Crippen LogP contribution is -2.64. The first kappa shape index (κ1) is 33.3. The molecule has 0 aromatic heterocycles. The third-order valence-corrected chi connectivity index (χ3v) is 14.1. The number of aromatic hydroxyl groups is 1. The lowest BCUT2D eigenvalue weighted by Gasteiger charge is -2.70. The zero-order valence-corrected chi connectivity index (χ0v) is 28.4. The summed E-state index contributed by atoms with van der Waals surface area (Å²) in [6.07, 6.45) is 15.8. The Morgan fingerprint density at radius 1 is 0.955 bits per heavy atom. The third-order valence-electron chi connectivity index (χ3n) is 14.1. The van der Waals surface area contributed by atoms with Crippen LogP contribution in [0, 0.1) is 45.3 Å². The van der Waals surface area contributed by atoms with E-state index >= 15 is 0 Å². The number of phenols is 1. The summed E-state index contributed by atoms with van der Waals surface area (Å²) in [5, 5.41) is 30.7. The van der Waals surface area contributed by atoms with Crippen LogP contribution in [0.4, 0.5) is 0 Å². The van der Waals surface area contributed by atoms with Crippen molar-refractivity contribution in [3.05, 3.63) is 47.6 Å². The summed E-state index contributed by atoms with van der Waals surface area (Å²) in [4.78, 5) is 13.0. The van der Waals surface area contributed by atoms with Crippen molar-refractivity contribution >= 4 is 12.0 Å². The van der Waals surface area contributed by atoms with E-state index in [9.17, 15) is 20.1 Å². The maximum absolute atomic E-state index is 13.0. The molecule has 0 radical (unpaired) electrons. The topological polar surface area (TPSA) is 87.0 Å². The van der Waals surface area contributed by atoms with Crippen LogP contribution in [-0.4, -0.2) is 39.6 Å². The number of hydrogen-bond acceptors (Lipinski definition) is 5. The summed E-state index contributed by atoms with van der Waals surface area (Å²) in [6, 6.07) is 6.81. The number of ether oxygens (including phenoxy) is 1. The van der Waals surface area contributed by atoms with E-state index in [0.717, 1.165) is 49.7 Å². The number of benzene rings is 1. The summed E-state index contributed by atoms with van der Waals surface area (Å²) < 4.78 is 6.18. The third kappa shape index (κ3) is 5.59. The highest BCUT2D eigenvalue weighted by Crippen LogP contribution is 2.76. The lowest BCUT2D eigenvalue weighted by atomic mass is 9.35. The van der Waals surface area contributed by atoms with Crippen LogP contribution in [0.25, 0.3) is 6.08 Å². The van der Waals surface area contributed by atoms with Gasteiger partial charge in [-0.3, -0.25) is 0 Å². The fraction of sp³-hybridized carbons (Fsp3) is 0.718. The number of phenolic OH excluding ortho intramolecular Hbond substituents is 1. The van der Waals surface area contributed by atoms with Crippen LogP contribution in [0.5, 0.6) is 5.75 Å². The van der Waals surface area contributed by atoms with E-state index in [0.29, 0.717) is 23.7 Å². The van der Waals surface area contributed by atoms with Crippen molar-refractivity contribution in [3.63, 3.8) is 0 Å². The monoisotopic (exact) mass is 606 g/mol. The molecule has 4 aliphatic rings. The van der Waals surface area contributed by atoms with Gasteiger partial charge in [0, 0.05) is 11.5 Å². The van der Waals surface area contributed by atoms with Crippen LogP contribution in [-0.2, 0) is 9.53 Å². The minimum Gasteiger partial charge on any atom is -0.508 e. The van der Waals surface area contributed by atoms with Gasteiger partial charge in [0.05, 0.1) is 12.2 Å². The fourth-order valence-electron chi connectivity index (χ4n) is 11.5. The van der Waals surface area contributed by atoms with E-state index < -0.39 is 5.60 Å². The normalized spacial score (nSPS) is 39.7. The SMILES string of the molecule is CC(=CCCC(C)(O)C1CC[C@]2(C)C1CCC1[C@@]3(C)CC[C@H](OC(=O)C=Cc4ccc(O)cc4)C(C)(C)C3CC[C@]12C)CO. The van der Waals surface area contributed by atoms with Crippen molar-refractivity contribution < 1.29 is 24.9 Å². The van der Waals surface area contributed by atoms with Crippen molar-refractivity contribution in [1.29, 1.82) is 0 Å². The summed E-state index contributed by atoms with van der Waals surface area (Å²) in [5.41, 5.74) is 1.66. The summed E-state index contributed by atoms with van der Waals surface area (Å²) in [7, 11) is 0. The Kier molecular flexibility index (Phi) is 9.01. The Labute approximate surface area is 266 Å². The molecule has 0 heterocycles. The Hall–Kier alpha value is -2.11. The number of hydrogen-bond donors (Lipinski definition) is 3. The number of allylic oxidation sites excluding steroid dienone is 1. The van der Waals surface area contributed by atoms with Gasteiger partial charge in [0.25, 0.3) is 0 Å². The van der Waals surface area contributed by atoms with Crippen LogP contribution in [0.2, 0.25) is 0 Å². The highest BCUT2D eigenvalue weighted by atomic mass is 16.5. The van der Waals surface area contributed by atoms with Gasteiger partial charge in [-0.2, -0.15) is 0 Å². The summed E-state index contributed by atoms with van der Waals surface area (Å²) in [6.45, 7) is 16.5. The molecular weight excluding hydrogens is 548 g/mol. The molecule has 244 valence electrons. The van der Waals surface area contributed by atoms with Crippen LogP contribution >= 0.6 is 0 Å². The molecule has 1 aromatic carbocycles. The van der Waals surface area contributed by atoms with Gasteiger partial charge < -0.3 is 20.1 Å². The van der Waals surface area contributed by atoms with Gasteiger partial charge in [0.2, 0.25) is 0 Å². The number of carbonyl (C=O) groups is 1. The average Bonchev–Trinajstić information content (AvgIpc) is 3.33. The van der Waals surface area contributed by atoms with Gasteiger partial charge in [-0.1, -0.05) is 58.4 Å². The molecule has 0 spiro atoms. The van der Waals surface area contributed by atoms with E-state index in [1.165, 1.54) is 31.8 Å². The first-order chi connectivity index (χ1) is 20.6. The molecule has 0 saturated heterocycles. The number of esters is 1. The molecule has 0 aliphatic heterocycles. The largest absolute Gasteiger partial charge is 0.508 e. The van der Waals surface area contributed by atoms with E-state index in [1.807, 2.05) is 6.92 Å². The number of aliphatic hydroxyl groups is 2. The summed E-state index contributed by atoms with van der Waals surface area (Å²) >= 11 is 0. The van der Waals surface area contributed by atoms with Gasteiger partial charge in [-0.15, -0.1) is 0 Å². The minimum atomic E-state index is -0.695. The molecule has 4 saturated carbocycles. The van der Waals surface area contributed by atoms with E-state index in [4.69, 9.17) is 4.74 Å². The van der Waals surface area contributed by atoms with E-state index in [2.05, 4.69) is 47.6 Å². The maximum atomic E-state index is 13.0. The molecule has 5 nitrogen and oxygen atoms in total. The van der Waals surface area contributed by atoms with Gasteiger partial charge >= 0.3 is 5.97 Å². The number of rotatable bonds is 8. The van der Waals surface area contributed by atoms with Crippen molar-refractivity contribution in [2.75, 3.05) is 6.61 Å². The number of fused-ring (bicyclic) bond motifs is 5. The molecule has 4 fully saturated rings. The molecule has 9 atom stereocenters. The highest BCUT2D eigenvalue weighted by molar-refractivity contribution is 5.87. The molecule has 4 aliphatic carbocycles. The second-order valence-corrected chi connectivity index (χ2v) is 16.6. The van der Waals surface area contributed by atoms with Crippen molar-refractivity contribution in [2.45, 2.75) is 124 Å². The molecule has 1 aromatic rings. The smallest absolute Gasteiger partial charge is 0.331 e. The van der Waals surface area contributed by atoms with Gasteiger partial charge in [0.1, 0.15) is 11.9 Å². The van der Waals surface area contributed by atoms with Crippen LogP contribution in [0.3, 0.4) is 0 Å². The van der Waals surface area contributed by atoms with Crippen LogP contribution in [0.1, 0.15) is 118 Å². The van der Waals surface area contributed by atoms with Gasteiger partial charge in [-0.05, 0) is 142 Å². The molecule has 5 heteroatoms. The van der Waals surface area contributed by atoms with Gasteiger partial charge in [-0.25, -0.2) is 4.79 Å². The zero-order valence-electron chi connectivity index (χ0n) is 28.4. The second kappa shape index (κ2) is 11.9. The molecule has 44 heavy (non-hydrogen) atoms. The second-order valence-electron chi connectivity index (χ2n) is 16.6. The van der Waals surface area contributed by atoms with E-state index in [1.54, 1.807) is 30.3 Å². The molecular formula is C39H58O5. The van der Waals surface area contributed by atoms with Crippen molar-refractivity contribution in [2.24, 2.45) is 45.3 Å². The Bertz CT molecular complexity index is 1260. The fourth-order valence-corrected chi connectivity index (χ4v) is 11.5. The molecule has 3 N–H and O–H groups in total. The molecule has 0 bridgehead atoms. The lowest BCUT2D eigenvalue weighted by molar-refractivity contribution is -0.229. The predicted molar refractivity (Wildman–Crippen MR) is 177 cm³/mol. The maximum Gasteiger partial charge on any atom is 0.331 e. The quantitative estimate of drug-likeness (QED) is 0.157. The Morgan fingerprint density at radius 3 is 2.32 bits per heavy atom. The number of carbonyl (C=O) groups excluding carboxylic acids is 1. The Balaban J connectivity index is 1.30. The first-order valence-corrected chi connectivity index (χ1v) is 17.2. The molecule has 0 amide bonds. The molecule has 5 rings (SSSR count). The van der Waals surface area contributed by atoms with Crippen LogP contribution in [0.15, 0.2) is 42.0 Å². The van der Waals surface area contributed by atoms with E-state index in [-0.39, 0.29) is 46.1 Å². The van der Waals surface area contributed by atoms with Crippen molar-refractivity contribution in [3.8, 4) is 5.75 Å². The molecule has 5 unspecified atom stereocenters. The van der Waals surface area contributed by atoms with Gasteiger partial charge in [0.15, 0.2) is 0 Å². The minimum absolute atomic E-state index is 0.0871. The Morgan fingerprint density at radius 2 is 1.64 bits per heavy atom. The predicted octanol–water partition coefficient (Wildman–Crippen LogP) is 8.47. The first-order valence-electron chi connectivity index (χ1n) is 17.2. The summed E-state index contributed by atoms with van der Waals surface area (Å²) in [5.74, 6) is 1.88. The van der Waals surface area contributed by atoms with Crippen molar-refractivity contribution in [1.82, 2.24) is 0 Å². The number of aliphatic hydroxyl groups excluding tert-OH is 1. The van der Waals surface area contributed by atoms with Crippen LogP contribution < -0.4 is 0 Å². The highest BCUT2D eigenvalue weighted by Gasteiger charge is 2.69. The standard InChI is InChI=1S/C39H58O5/c1-26(25-40)9-8-21-39(7,43)30-18-23-37(5)29(30)15-16-32-36(4)22-20-33(35(2,3)31(36)19-24-38(32,37)6)44-34(42)17-12-27-10-13-28(41)14-11-27/h9-14,17,29-33,40-41,43H,8,15-16,18-25H2,1-7H3/t29?,30?,31?,32?,33-,36-,37+,38+,39?/m0/s1. The average molecular weight is 607 g/mol.